The van der Waals surface area contributed by atoms with Gasteiger partial charge in [0.15, 0.2) is 0 Å². The molecule has 0 N–H and O–H groups in total. The molecule has 1 saturated heterocycles. The van der Waals surface area contributed by atoms with Crippen molar-refractivity contribution in [1.82, 2.24) is 20.1 Å². The number of pyridine rings is 1. The predicted octanol–water partition coefficient (Wildman–Crippen LogP) is 4.09. The molecular formula is C24H21F4N5O3. The Balaban J connectivity index is 1.34. The zero-order valence-corrected chi connectivity index (χ0v) is 18.9. The van der Waals surface area contributed by atoms with Crippen molar-refractivity contribution < 1.29 is 31.6 Å². The minimum absolute atomic E-state index is 0.109. The lowest BCUT2D eigenvalue weighted by Gasteiger charge is -2.47. The number of nitrogens with zero attached hydrogens (tertiary/aromatic N) is 5. The van der Waals surface area contributed by atoms with Crippen molar-refractivity contribution in [3.63, 3.8) is 0 Å². The van der Waals surface area contributed by atoms with Crippen LogP contribution in [0, 0.1) is 11.7 Å². The Kier molecular flexibility index (Phi) is 6.19. The molecule has 8 nitrogen and oxygen atoms in total. The number of benzene rings is 1. The maximum atomic E-state index is 15.6. The minimum atomic E-state index is -2.91. The lowest BCUT2D eigenvalue weighted by Crippen LogP contribution is -2.68. The highest BCUT2D eigenvalue weighted by atomic mass is 19.3. The Labute approximate surface area is 202 Å². The van der Waals surface area contributed by atoms with Crippen LogP contribution < -0.4 is 4.90 Å². The van der Waals surface area contributed by atoms with E-state index in [9.17, 15) is 22.8 Å². The van der Waals surface area contributed by atoms with Crippen LogP contribution in [0.15, 0.2) is 47.0 Å². The third-order valence-electron chi connectivity index (χ3n) is 6.42. The summed E-state index contributed by atoms with van der Waals surface area (Å²) in [5.74, 6) is -2.75. The van der Waals surface area contributed by atoms with Gasteiger partial charge < -0.3 is 14.2 Å². The van der Waals surface area contributed by atoms with E-state index in [1.54, 1.807) is 0 Å². The fraction of sp³-hybridized carbons (Fsp3) is 0.375. The molecule has 2 fully saturated rings. The number of rotatable bonds is 7. The van der Waals surface area contributed by atoms with E-state index < -0.39 is 29.7 Å². The largest absolute Gasteiger partial charge is 0.415 e. The molecule has 2 aromatic heterocycles. The summed E-state index contributed by atoms with van der Waals surface area (Å²) < 4.78 is 59.8. The van der Waals surface area contributed by atoms with Crippen LogP contribution in [0.4, 0.5) is 23.2 Å². The molecule has 12 heteroatoms. The van der Waals surface area contributed by atoms with E-state index in [4.69, 9.17) is 4.42 Å². The van der Waals surface area contributed by atoms with Gasteiger partial charge in [-0.3, -0.25) is 14.6 Å². The van der Waals surface area contributed by atoms with Gasteiger partial charge in [0, 0.05) is 17.8 Å². The highest BCUT2D eigenvalue weighted by Gasteiger charge is 2.54. The number of carbonyl (C=O) groups excluding carboxylic acids is 2. The van der Waals surface area contributed by atoms with Gasteiger partial charge in [0.2, 0.25) is 17.5 Å². The summed E-state index contributed by atoms with van der Waals surface area (Å²) in [5, 5.41) is 6.82. The highest BCUT2D eigenvalue weighted by Crippen LogP contribution is 2.36. The third-order valence-corrected chi connectivity index (χ3v) is 6.42. The number of aromatic nitrogens is 3. The first-order chi connectivity index (χ1) is 17.2. The van der Waals surface area contributed by atoms with Crippen LogP contribution in [-0.4, -0.2) is 50.7 Å². The maximum Gasteiger partial charge on any atom is 0.314 e. The molecule has 5 rings (SSSR count). The Morgan fingerprint density at radius 1 is 1.17 bits per heavy atom. The van der Waals surface area contributed by atoms with Crippen molar-refractivity contribution in [2.45, 2.75) is 37.9 Å². The lowest BCUT2D eigenvalue weighted by molar-refractivity contribution is -0.159. The quantitative estimate of drug-likeness (QED) is 0.451. The van der Waals surface area contributed by atoms with Gasteiger partial charge in [-0.15, -0.1) is 10.2 Å². The lowest BCUT2D eigenvalue weighted by atomic mass is 9.82. The molecule has 0 atom stereocenters. The topological polar surface area (TPSA) is 92.4 Å². The molecule has 3 heterocycles. The van der Waals surface area contributed by atoms with Crippen LogP contribution in [0.2, 0.25) is 0 Å². The molecular weight excluding hydrogens is 482 g/mol. The molecule has 36 heavy (non-hydrogen) atoms. The van der Waals surface area contributed by atoms with Crippen molar-refractivity contribution in [2.24, 2.45) is 5.92 Å². The number of alkyl halides is 3. The maximum absolute atomic E-state index is 15.6. The number of halogens is 4. The number of hydrogen-bond acceptors (Lipinski definition) is 6. The molecule has 1 aromatic carbocycles. The number of likely N-dealkylation sites (tertiary alicyclic amines) is 1. The first-order valence-electron chi connectivity index (χ1n) is 11.4. The first kappa shape index (κ1) is 23.9. The van der Waals surface area contributed by atoms with Gasteiger partial charge in [-0.25, -0.2) is 8.78 Å². The molecule has 3 aromatic rings. The van der Waals surface area contributed by atoms with E-state index in [1.807, 2.05) is 0 Å². The van der Waals surface area contributed by atoms with Gasteiger partial charge in [-0.1, -0.05) is 12.5 Å². The van der Waals surface area contributed by atoms with Gasteiger partial charge in [-0.05, 0) is 43.2 Å². The molecule has 1 aliphatic heterocycles. The number of anilines is 1. The van der Waals surface area contributed by atoms with Crippen molar-refractivity contribution in [3.8, 4) is 11.5 Å². The molecule has 1 aliphatic carbocycles. The van der Waals surface area contributed by atoms with E-state index in [0.29, 0.717) is 5.69 Å². The summed E-state index contributed by atoms with van der Waals surface area (Å²) in [6.45, 7) is -0.914. The average Bonchev–Trinajstić information content (AvgIpc) is 3.30. The zero-order valence-electron chi connectivity index (χ0n) is 18.9. The minimum Gasteiger partial charge on any atom is -0.415 e. The van der Waals surface area contributed by atoms with Crippen LogP contribution in [0.3, 0.4) is 0 Å². The molecule has 2 amide bonds. The van der Waals surface area contributed by atoms with Crippen LogP contribution in [0.1, 0.15) is 37.3 Å². The smallest absolute Gasteiger partial charge is 0.314 e. The van der Waals surface area contributed by atoms with E-state index in [1.165, 1.54) is 41.4 Å². The molecule has 0 spiro atoms. The first-order valence-corrected chi connectivity index (χ1v) is 11.4. The zero-order chi connectivity index (χ0) is 25.4. The Hall–Kier alpha value is -3.83. The van der Waals surface area contributed by atoms with Crippen molar-refractivity contribution >= 4 is 17.5 Å². The third kappa shape index (κ3) is 4.54. The molecule has 1 saturated carbocycles. The fourth-order valence-electron chi connectivity index (χ4n) is 4.18. The van der Waals surface area contributed by atoms with Gasteiger partial charge in [0.1, 0.15) is 5.82 Å². The molecule has 0 radical (unpaired) electrons. The Morgan fingerprint density at radius 3 is 2.53 bits per heavy atom. The van der Waals surface area contributed by atoms with Crippen molar-refractivity contribution in [2.75, 3.05) is 18.0 Å². The van der Waals surface area contributed by atoms with Gasteiger partial charge in [0.05, 0.1) is 30.9 Å². The molecule has 0 bridgehead atoms. The standard InChI is InChI=1S/C24H21F4N5O3/c25-16-5-2-6-18(9-16)33(23(35)24(28)12-32(13-24)22(34)14-3-1-4-14)11-17-8-7-15(10-29-17)20-30-31-21(36-20)19(26)27/h2,5-10,14,19H,1,3-4,11-13H2. The van der Waals surface area contributed by atoms with Gasteiger partial charge in [0.25, 0.3) is 11.8 Å². The average molecular weight is 503 g/mol. The monoisotopic (exact) mass is 503 g/mol. The molecule has 2 aliphatic rings. The van der Waals surface area contributed by atoms with E-state index in [-0.39, 0.29) is 48.6 Å². The van der Waals surface area contributed by atoms with Crippen molar-refractivity contribution in [3.05, 3.63) is 60.0 Å². The summed E-state index contributed by atoms with van der Waals surface area (Å²) in [6, 6.07) is 8.14. The molecule has 188 valence electrons. The van der Waals surface area contributed by atoms with Crippen LogP contribution in [-0.2, 0) is 16.1 Å². The number of hydrogen-bond donors (Lipinski definition) is 0. The fourth-order valence-corrected chi connectivity index (χ4v) is 4.18. The highest BCUT2D eigenvalue weighted by molar-refractivity contribution is 6.01. The van der Waals surface area contributed by atoms with Crippen LogP contribution >= 0.6 is 0 Å². The van der Waals surface area contributed by atoms with Crippen LogP contribution in [0.25, 0.3) is 11.5 Å². The van der Waals surface area contributed by atoms with E-state index in [2.05, 4.69) is 15.2 Å². The summed E-state index contributed by atoms with van der Waals surface area (Å²) in [5.41, 5.74) is -1.59. The van der Waals surface area contributed by atoms with Gasteiger partial charge >= 0.3 is 6.43 Å². The SMILES string of the molecule is O=C(C1CCC1)N1CC(F)(C(=O)N(Cc2ccc(-c3nnc(C(F)F)o3)cn2)c2cccc(F)c2)C1. The normalized spacial score (nSPS) is 17.0. The van der Waals surface area contributed by atoms with Crippen molar-refractivity contribution in [1.29, 1.82) is 0 Å². The van der Waals surface area contributed by atoms with E-state index in [0.717, 1.165) is 30.2 Å². The number of carbonyl (C=O) groups is 2. The Morgan fingerprint density at radius 2 is 1.94 bits per heavy atom. The van der Waals surface area contributed by atoms with E-state index >= 15 is 4.39 Å². The second kappa shape index (κ2) is 9.32. The summed E-state index contributed by atoms with van der Waals surface area (Å²) in [6.07, 6.45) is 0.881. The second-order valence-corrected chi connectivity index (χ2v) is 8.94. The predicted molar refractivity (Wildman–Crippen MR) is 118 cm³/mol. The van der Waals surface area contributed by atoms with Gasteiger partial charge in [-0.2, -0.15) is 8.78 Å². The molecule has 0 unspecified atom stereocenters. The summed E-state index contributed by atoms with van der Waals surface area (Å²) >= 11 is 0. The Bertz CT molecular complexity index is 1270. The van der Waals surface area contributed by atoms with Crippen LogP contribution in [0.5, 0.6) is 0 Å². The number of amides is 2. The second-order valence-electron chi connectivity index (χ2n) is 8.94. The summed E-state index contributed by atoms with van der Waals surface area (Å²) in [7, 11) is 0. The summed E-state index contributed by atoms with van der Waals surface area (Å²) in [4.78, 5) is 32.3.